The van der Waals surface area contributed by atoms with Crippen LogP contribution < -0.4 is 0 Å². The van der Waals surface area contributed by atoms with Gasteiger partial charge in [0.2, 0.25) is 0 Å². The Morgan fingerprint density at radius 3 is 2.38 bits per heavy atom. The van der Waals surface area contributed by atoms with Gasteiger partial charge in [0.25, 0.3) is 0 Å². The van der Waals surface area contributed by atoms with Crippen LogP contribution in [0.2, 0.25) is 0 Å². The Morgan fingerprint density at radius 1 is 1.25 bits per heavy atom. The van der Waals surface area contributed by atoms with Crippen LogP contribution in [-0.4, -0.2) is 0 Å². The predicted octanol–water partition coefficient (Wildman–Crippen LogP) is 4.65. The molecule has 0 N–H and O–H groups in total. The average Bonchev–Trinajstić information content (AvgIpc) is 2.97. The number of rotatable bonds is 3. The van der Waals surface area contributed by atoms with Crippen LogP contribution in [0.15, 0.2) is 18.2 Å². The summed E-state index contributed by atoms with van der Waals surface area (Å²) in [7, 11) is 0. The highest BCUT2D eigenvalue weighted by Gasteiger charge is 2.39. The molecule has 0 amide bonds. The topological polar surface area (TPSA) is 9.23 Å². The third kappa shape index (κ3) is 2.28. The van der Waals surface area contributed by atoms with E-state index >= 15 is 0 Å². The molecule has 0 aromatic heterocycles. The maximum atomic E-state index is 5.54. The molecule has 0 aliphatic heterocycles. The fourth-order valence-electron chi connectivity index (χ4n) is 2.00. The normalized spacial score (nSPS) is 18.6. The summed E-state index contributed by atoms with van der Waals surface area (Å²) in [5, 5.41) is 0. The lowest BCUT2D eigenvalue weighted by molar-refractivity contribution is 0.176. The molecule has 0 atom stereocenters. The molecule has 0 heterocycles. The zero-order valence-corrected chi connectivity index (χ0v) is 12.6. The molecule has 2 heteroatoms. The molecule has 2 rings (SSSR count). The molecule has 0 unspecified atom stereocenters. The van der Waals surface area contributed by atoms with Gasteiger partial charge in [-0.3, -0.25) is 0 Å². The molecule has 1 aliphatic rings. The quantitative estimate of drug-likeness (QED) is 0.733. The summed E-state index contributed by atoms with van der Waals surface area (Å²) in [5.74, 6) is 0. The summed E-state index contributed by atoms with van der Waals surface area (Å²) < 4.78 is 5.54. The molecule has 88 valence electrons. The van der Waals surface area contributed by atoms with Gasteiger partial charge in [0.05, 0.1) is 0 Å². The first-order chi connectivity index (χ1) is 7.37. The summed E-state index contributed by atoms with van der Waals surface area (Å²) in [4.78, 5) is 0. The van der Waals surface area contributed by atoms with Crippen LogP contribution >= 0.6 is 23.0 Å². The van der Waals surface area contributed by atoms with E-state index in [1.54, 1.807) is 0 Å². The van der Waals surface area contributed by atoms with Crippen LogP contribution in [-0.2, 0) is 14.1 Å². The molecule has 0 spiro atoms. The van der Waals surface area contributed by atoms with Gasteiger partial charge in [0, 0.05) is 0 Å². The van der Waals surface area contributed by atoms with Gasteiger partial charge in [0.15, 0.2) is 0 Å². The van der Waals surface area contributed by atoms with Crippen molar-refractivity contribution in [3.8, 4) is 0 Å². The largest absolute Gasteiger partial charge is 0.305 e. The molecule has 1 nitrogen and oxygen atoms in total. The van der Waals surface area contributed by atoms with Crippen molar-refractivity contribution in [1.82, 2.24) is 0 Å². The fraction of sp³-hybridized carbons (Fsp3) is 0.571. The smallest absolute Gasteiger partial charge is 0.110 e. The number of halogens is 1. The number of aryl methyl sites for hydroxylation is 1. The number of benzene rings is 1. The highest BCUT2D eigenvalue weighted by Crippen LogP contribution is 2.48. The van der Waals surface area contributed by atoms with E-state index in [1.807, 2.05) is 23.0 Å². The summed E-state index contributed by atoms with van der Waals surface area (Å²) in [5.41, 5.74) is 4.32. The van der Waals surface area contributed by atoms with E-state index < -0.39 is 0 Å². The van der Waals surface area contributed by atoms with Crippen LogP contribution in [0.1, 0.15) is 50.3 Å². The minimum Gasteiger partial charge on any atom is -0.305 e. The molecule has 1 aliphatic carbocycles. The zero-order valence-electron chi connectivity index (χ0n) is 10.4. The van der Waals surface area contributed by atoms with Crippen LogP contribution in [0.4, 0.5) is 0 Å². The summed E-state index contributed by atoms with van der Waals surface area (Å²) in [6, 6.07) is 6.87. The van der Waals surface area contributed by atoms with Crippen molar-refractivity contribution < 1.29 is 3.07 Å². The summed E-state index contributed by atoms with van der Waals surface area (Å²) >= 11 is 1.99. The Kier molecular flexibility index (Phi) is 3.08. The standard InChI is InChI=1S/C14H19IO/c1-10-7-11(13(2,3)16-15)9-12(8-10)14(4)5-6-14/h7-9H,5-6H2,1-4H3. The van der Waals surface area contributed by atoms with Gasteiger partial charge in [-0.2, -0.15) is 0 Å². The molecule has 0 saturated heterocycles. The molecule has 0 radical (unpaired) electrons. The lowest BCUT2D eigenvalue weighted by atomic mass is 9.89. The van der Waals surface area contributed by atoms with Crippen molar-refractivity contribution in [2.24, 2.45) is 0 Å². The number of hydrogen-bond donors (Lipinski definition) is 0. The monoisotopic (exact) mass is 330 g/mol. The Labute approximate surface area is 112 Å². The lowest BCUT2D eigenvalue weighted by Crippen LogP contribution is -2.18. The molecule has 16 heavy (non-hydrogen) atoms. The van der Waals surface area contributed by atoms with Crippen LogP contribution in [0.25, 0.3) is 0 Å². The Balaban J connectivity index is 2.44. The van der Waals surface area contributed by atoms with Gasteiger partial charge in [-0.25, -0.2) is 0 Å². The molecule has 0 bridgehead atoms. The first-order valence-electron chi connectivity index (χ1n) is 5.80. The van der Waals surface area contributed by atoms with Crippen molar-refractivity contribution in [2.45, 2.75) is 51.6 Å². The van der Waals surface area contributed by atoms with Gasteiger partial charge in [0.1, 0.15) is 28.6 Å². The maximum absolute atomic E-state index is 5.54. The Morgan fingerprint density at radius 2 is 1.88 bits per heavy atom. The van der Waals surface area contributed by atoms with E-state index in [0.29, 0.717) is 5.41 Å². The zero-order chi connectivity index (χ0) is 12.0. The van der Waals surface area contributed by atoms with E-state index in [9.17, 15) is 0 Å². The van der Waals surface area contributed by atoms with E-state index in [1.165, 1.54) is 29.5 Å². The minimum atomic E-state index is -0.202. The Hall–Kier alpha value is -0.0900. The third-order valence-electron chi connectivity index (χ3n) is 3.66. The highest BCUT2D eigenvalue weighted by molar-refractivity contribution is 14.1. The molecule has 1 aromatic rings. The van der Waals surface area contributed by atoms with Crippen molar-refractivity contribution in [3.63, 3.8) is 0 Å². The lowest BCUT2D eigenvalue weighted by Gasteiger charge is -2.24. The minimum absolute atomic E-state index is 0.202. The fourth-order valence-corrected chi connectivity index (χ4v) is 2.25. The van der Waals surface area contributed by atoms with Crippen LogP contribution in [0, 0.1) is 6.92 Å². The van der Waals surface area contributed by atoms with Crippen LogP contribution in [0.5, 0.6) is 0 Å². The Bertz CT molecular complexity index is 405. The first kappa shape index (κ1) is 12.4. The highest BCUT2D eigenvalue weighted by atomic mass is 127. The van der Waals surface area contributed by atoms with Crippen LogP contribution in [0.3, 0.4) is 0 Å². The van der Waals surface area contributed by atoms with Gasteiger partial charge >= 0.3 is 0 Å². The van der Waals surface area contributed by atoms with E-state index in [4.69, 9.17) is 3.07 Å². The van der Waals surface area contributed by atoms with Crippen molar-refractivity contribution in [1.29, 1.82) is 0 Å². The second-order valence-electron chi connectivity index (χ2n) is 5.74. The van der Waals surface area contributed by atoms with E-state index in [2.05, 4.69) is 45.9 Å². The van der Waals surface area contributed by atoms with Gasteiger partial charge in [-0.15, -0.1) is 0 Å². The second-order valence-corrected chi connectivity index (χ2v) is 6.18. The SMILES string of the molecule is Cc1cc(C2(C)CC2)cc(C(C)(C)OI)c1. The molecule has 1 aromatic carbocycles. The molecule has 1 saturated carbocycles. The molecule has 1 fully saturated rings. The summed E-state index contributed by atoms with van der Waals surface area (Å²) in [6.07, 6.45) is 2.64. The van der Waals surface area contributed by atoms with Gasteiger partial charge in [-0.1, -0.05) is 30.7 Å². The van der Waals surface area contributed by atoms with Crippen molar-refractivity contribution in [2.75, 3.05) is 0 Å². The van der Waals surface area contributed by atoms with Crippen molar-refractivity contribution in [3.05, 3.63) is 34.9 Å². The predicted molar refractivity (Wildman–Crippen MR) is 75.9 cm³/mol. The average molecular weight is 330 g/mol. The van der Waals surface area contributed by atoms with E-state index in [0.717, 1.165) is 0 Å². The molecular weight excluding hydrogens is 311 g/mol. The maximum Gasteiger partial charge on any atom is 0.110 e. The molecular formula is C14H19IO. The van der Waals surface area contributed by atoms with Gasteiger partial charge < -0.3 is 3.07 Å². The summed E-state index contributed by atoms with van der Waals surface area (Å²) in [6.45, 7) is 8.76. The van der Waals surface area contributed by atoms with E-state index in [-0.39, 0.29) is 5.60 Å². The second kappa shape index (κ2) is 3.98. The van der Waals surface area contributed by atoms with Gasteiger partial charge in [-0.05, 0) is 50.2 Å². The third-order valence-corrected chi connectivity index (χ3v) is 4.76. The number of hydrogen-bond acceptors (Lipinski definition) is 1. The first-order valence-corrected chi connectivity index (χ1v) is 6.68. The van der Waals surface area contributed by atoms with Crippen molar-refractivity contribution >= 4 is 23.0 Å².